The Labute approximate surface area is 129 Å². The standard InChI is InChI=1S/C13H13ClINOS/c1-16-13(9-6-12(15)18-7-9)8-3-4-11(17-2)10(14)5-8/h3-7,13,16H,1-2H3. The molecule has 2 rings (SSSR count). The van der Waals surface area contributed by atoms with Crippen molar-refractivity contribution in [3.05, 3.63) is 48.7 Å². The van der Waals surface area contributed by atoms with Crippen LogP contribution < -0.4 is 10.1 Å². The van der Waals surface area contributed by atoms with Gasteiger partial charge in [-0.15, -0.1) is 11.3 Å². The molecule has 2 aromatic rings. The largest absolute Gasteiger partial charge is 0.495 e. The highest BCUT2D eigenvalue weighted by atomic mass is 127. The first-order valence-electron chi connectivity index (χ1n) is 5.40. The first kappa shape index (κ1) is 14.1. The normalized spacial score (nSPS) is 12.4. The number of rotatable bonds is 4. The third-order valence-electron chi connectivity index (χ3n) is 2.72. The van der Waals surface area contributed by atoms with Gasteiger partial charge in [-0.2, -0.15) is 0 Å². The van der Waals surface area contributed by atoms with Crippen LogP contribution in [0.3, 0.4) is 0 Å². The number of hydrogen-bond acceptors (Lipinski definition) is 3. The molecule has 1 aromatic heterocycles. The van der Waals surface area contributed by atoms with Gasteiger partial charge >= 0.3 is 0 Å². The van der Waals surface area contributed by atoms with Crippen LogP contribution >= 0.6 is 45.5 Å². The Morgan fingerprint density at radius 1 is 1.33 bits per heavy atom. The summed E-state index contributed by atoms with van der Waals surface area (Å²) < 4.78 is 6.45. The lowest BCUT2D eigenvalue weighted by molar-refractivity contribution is 0.414. The lowest BCUT2D eigenvalue weighted by atomic mass is 10.0. The van der Waals surface area contributed by atoms with Crippen molar-refractivity contribution in [2.24, 2.45) is 0 Å². The van der Waals surface area contributed by atoms with E-state index in [-0.39, 0.29) is 6.04 Å². The molecule has 96 valence electrons. The SMILES string of the molecule is CNC(c1csc(I)c1)c1ccc(OC)c(Cl)c1. The Bertz CT molecular complexity index is 544. The number of methoxy groups -OCH3 is 1. The molecule has 1 N–H and O–H groups in total. The summed E-state index contributed by atoms with van der Waals surface area (Å²) in [4.78, 5) is 0. The van der Waals surface area contributed by atoms with Crippen molar-refractivity contribution in [3.63, 3.8) is 0 Å². The second kappa shape index (κ2) is 6.23. The third-order valence-corrected chi connectivity index (χ3v) is 4.82. The van der Waals surface area contributed by atoms with Crippen LogP contribution in [0, 0.1) is 2.88 Å². The van der Waals surface area contributed by atoms with Gasteiger partial charge in [0.15, 0.2) is 0 Å². The van der Waals surface area contributed by atoms with E-state index in [0.717, 1.165) is 5.56 Å². The average Bonchev–Trinajstić information content (AvgIpc) is 2.77. The first-order chi connectivity index (χ1) is 8.65. The molecule has 0 aliphatic heterocycles. The van der Waals surface area contributed by atoms with Crippen LogP contribution in [0.1, 0.15) is 17.2 Å². The zero-order valence-electron chi connectivity index (χ0n) is 10.0. The predicted molar refractivity (Wildman–Crippen MR) is 85.9 cm³/mol. The second-order valence-corrected chi connectivity index (χ2v) is 7.01. The summed E-state index contributed by atoms with van der Waals surface area (Å²) in [7, 11) is 3.57. The highest BCUT2D eigenvalue weighted by Gasteiger charge is 2.15. The topological polar surface area (TPSA) is 21.3 Å². The summed E-state index contributed by atoms with van der Waals surface area (Å²) in [5.41, 5.74) is 2.39. The van der Waals surface area contributed by atoms with E-state index in [9.17, 15) is 0 Å². The molecule has 1 atom stereocenters. The van der Waals surface area contributed by atoms with Crippen molar-refractivity contribution in [3.8, 4) is 5.75 Å². The number of thiophene rings is 1. The summed E-state index contributed by atoms with van der Waals surface area (Å²) in [6.07, 6.45) is 0. The lowest BCUT2D eigenvalue weighted by Gasteiger charge is -2.16. The van der Waals surface area contributed by atoms with Gasteiger partial charge in [0.2, 0.25) is 0 Å². The van der Waals surface area contributed by atoms with Crippen molar-refractivity contribution < 1.29 is 4.74 Å². The average molecular weight is 394 g/mol. The van der Waals surface area contributed by atoms with Crippen LogP contribution in [-0.4, -0.2) is 14.2 Å². The lowest BCUT2D eigenvalue weighted by Crippen LogP contribution is -2.16. The van der Waals surface area contributed by atoms with Crippen LogP contribution in [0.5, 0.6) is 5.75 Å². The molecule has 18 heavy (non-hydrogen) atoms. The molecule has 5 heteroatoms. The molecule has 0 aliphatic rings. The summed E-state index contributed by atoms with van der Waals surface area (Å²) in [6, 6.07) is 8.24. The van der Waals surface area contributed by atoms with Gasteiger partial charge < -0.3 is 10.1 Å². The Hall–Kier alpha value is -0.300. The summed E-state index contributed by atoms with van der Waals surface area (Å²) in [5, 5.41) is 6.12. The van der Waals surface area contributed by atoms with Crippen molar-refractivity contribution in [2.45, 2.75) is 6.04 Å². The number of hydrogen-bond donors (Lipinski definition) is 1. The molecule has 0 bridgehead atoms. The summed E-state index contributed by atoms with van der Waals surface area (Å²) >= 11 is 10.2. The quantitative estimate of drug-likeness (QED) is 0.781. The Morgan fingerprint density at radius 3 is 2.61 bits per heavy atom. The van der Waals surface area contributed by atoms with Crippen LogP contribution in [0.4, 0.5) is 0 Å². The predicted octanol–water partition coefficient (Wildman–Crippen LogP) is 4.32. The molecule has 0 amide bonds. The maximum Gasteiger partial charge on any atom is 0.137 e. The van der Waals surface area contributed by atoms with Gasteiger partial charge in [0.05, 0.1) is 21.1 Å². The smallest absolute Gasteiger partial charge is 0.137 e. The molecule has 0 fully saturated rings. The molecule has 0 saturated heterocycles. The summed E-state index contributed by atoms with van der Waals surface area (Å²) in [6.45, 7) is 0. The number of ether oxygens (including phenoxy) is 1. The van der Waals surface area contributed by atoms with Gasteiger partial charge in [0, 0.05) is 0 Å². The van der Waals surface area contributed by atoms with Gasteiger partial charge in [-0.1, -0.05) is 17.7 Å². The fraction of sp³-hybridized carbons (Fsp3) is 0.231. The van der Waals surface area contributed by atoms with E-state index in [4.69, 9.17) is 16.3 Å². The van der Waals surface area contributed by atoms with E-state index in [2.05, 4.69) is 39.4 Å². The first-order valence-corrected chi connectivity index (χ1v) is 7.74. The number of benzene rings is 1. The minimum atomic E-state index is 0.160. The number of halogens is 2. The highest BCUT2D eigenvalue weighted by molar-refractivity contribution is 14.1. The van der Waals surface area contributed by atoms with Gasteiger partial charge in [0.1, 0.15) is 5.75 Å². The van der Waals surface area contributed by atoms with Crippen molar-refractivity contribution in [1.82, 2.24) is 5.32 Å². The fourth-order valence-corrected chi connectivity index (χ4v) is 3.53. The molecule has 2 nitrogen and oxygen atoms in total. The Morgan fingerprint density at radius 2 is 2.11 bits per heavy atom. The Kier molecular flexibility index (Phi) is 4.89. The molecule has 0 spiro atoms. The van der Waals surface area contributed by atoms with Gasteiger partial charge in [-0.25, -0.2) is 0 Å². The van der Waals surface area contributed by atoms with E-state index in [1.165, 1.54) is 8.45 Å². The fourth-order valence-electron chi connectivity index (χ4n) is 1.86. The van der Waals surface area contributed by atoms with Crippen LogP contribution in [-0.2, 0) is 0 Å². The zero-order valence-corrected chi connectivity index (χ0v) is 13.8. The molecule has 1 aromatic carbocycles. The van der Waals surface area contributed by atoms with E-state index in [1.54, 1.807) is 18.4 Å². The van der Waals surface area contributed by atoms with Crippen LogP contribution in [0.2, 0.25) is 5.02 Å². The molecular formula is C13H13ClINOS. The molecule has 1 unspecified atom stereocenters. The van der Waals surface area contributed by atoms with E-state index in [0.29, 0.717) is 10.8 Å². The van der Waals surface area contributed by atoms with Gasteiger partial charge in [-0.3, -0.25) is 0 Å². The molecule has 0 radical (unpaired) electrons. The van der Waals surface area contributed by atoms with Crippen molar-refractivity contribution in [2.75, 3.05) is 14.2 Å². The summed E-state index contributed by atoms with van der Waals surface area (Å²) in [5.74, 6) is 0.704. The molecule has 0 aliphatic carbocycles. The minimum Gasteiger partial charge on any atom is -0.495 e. The maximum absolute atomic E-state index is 6.17. The maximum atomic E-state index is 6.17. The van der Waals surface area contributed by atoms with Crippen LogP contribution in [0.25, 0.3) is 0 Å². The Balaban J connectivity index is 2.36. The highest BCUT2D eigenvalue weighted by Crippen LogP contribution is 2.32. The monoisotopic (exact) mass is 393 g/mol. The minimum absolute atomic E-state index is 0.160. The van der Waals surface area contributed by atoms with Crippen molar-refractivity contribution >= 4 is 45.5 Å². The van der Waals surface area contributed by atoms with Gasteiger partial charge in [0.25, 0.3) is 0 Å². The third kappa shape index (κ3) is 2.99. The molecular weight excluding hydrogens is 381 g/mol. The van der Waals surface area contributed by atoms with Crippen molar-refractivity contribution in [1.29, 1.82) is 0 Å². The second-order valence-electron chi connectivity index (χ2n) is 3.80. The van der Waals surface area contributed by atoms with E-state index < -0.39 is 0 Å². The van der Waals surface area contributed by atoms with Crippen LogP contribution in [0.15, 0.2) is 29.6 Å². The number of nitrogens with one attached hydrogen (secondary N) is 1. The van der Waals surface area contributed by atoms with E-state index in [1.807, 2.05) is 25.2 Å². The van der Waals surface area contributed by atoms with Gasteiger partial charge in [-0.05, 0) is 64.3 Å². The van der Waals surface area contributed by atoms with E-state index >= 15 is 0 Å². The molecule has 0 saturated carbocycles. The zero-order chi connectivity index (χ0) is 13.1. The molecule has 1 heterocycles.